The van der Waals surface area contributed by atoms with Crippen LogP contribution in [0.3, 0.4) is 0 Å². The first-order valence-corrected chi connectivity index (χ1v) is 7.39. The Balaban J connectivity index is 2.15. The summed E-state index contributed by atoms with van der Waals surface area (Å²) in [4.78, 5) is 8.86. The summed E-state index contributed by atoms with van der Waals surface area (Å²) in [6.45, 7) is 2.74. The van der Waals surface area contributed by atoms with Gasteiger partial charge < -0.3 is 5.32 Å². The Labute approximate surface area is 132 Å². The molecule has 0 bridgehead atoms. The van der Waals surface area contributed by atoms with Crippen molar-refractivity contribution >= 4 is 39.9 Å². The normalized spacial score (nSPS) is 10.8. The molecular formula is C16H13Cl2N3. The molecule has 3 aromatic rings. The number of aromatic nitrogens is 2. The van der Waals surface area contributed by atoms with Gasteiger partial charge in [-0.1, -0.05) is 35.3 Å². The van der Waals surface area contributed by atoms with Crippen molar-refractivity contribution in [1.82, 2.24) is 9.97 Å². The summed E-state index contributed by atoms with van der Waals surface area (Å²) in [5, 5.41) is 5.24. The maximum absolute atomic E-state index is 6.30. The van der Waals surface area contributed by atoms with Gasteiger partial charge in [0.25, 0.3) is 0 Å². The van der Waals surface area contributed by atoms with E-state index < -0.39 is 0 Å². The van der Waals surface area contributed by atoms with E-state index >= 15 is 0 Å². The van der Waals surface area contributed by atoms with Gasteiger partial charge in [-0.25, -0.2) is 4.98 Å². The van der Waals surface area contributed by atoms with Crippen LogP contribution in [0.15, 0.2) is 42.6 Å². The van der Waals surface area contributed by atoms with Crippen LogP contribution in [-0.4, -0.2) is 16.5 Å². The summed E-state index contributed by atoms with van der Waals surface area (Å²) in [5.41, 5.74) is 2.59. The molecule has 0 aliphatic carbocycles. The Bertz CT molecular complexity index is 803. The molecule has 2 heterocycles. The van der Waals surface area contributed by atoms with Crippen molar-refractivity contribution in [3.05, 3.63) is 52.6 Å². The maximum atomic E-state index is 6.30. The fourth-order valence-corrected chi connectivity index (χ4v) is 2.72. The minimum Gasteiger partial charge on any atom is -0.369 e. The Morgan fingerprint density at radius 3 is 2.76 bits per heavy atom. The lowest BCUT2D eigenvalue weighted by Gasteiger charge is -2.10. The number of pyridine rings is 2. The molecule has 1 N–H and O–H groups in total. The van der Waals surface area contributed by atoms with Crippen LogP contribution in [0.1, 0.15) is 6.92 Å². The van der Waals surface area contributed by atoms with Gasteiger partial charge in [-0.05, 0) is 31.2 Å². The number of hydrogen-bond acceptors (Lipinski definition) is 3. The molecule has 0 spiro atoms. The van der Waals surface area contributed by atoms with E-state index in [0.29, 0.717) is 21.6 Å². The lowest BCUT2D eigenvalue weighted by molar-refractivity contribution is 1.16. The van der Waals surface area contributed by atoms with E-state index in [1.54, 1.807) is 12.3 Å². The molecule has 0 radical (unpaired) electrons. The average Bonchev–Trinajstić information content (AvgIpc) is 2.49. The number of benzene rings is 1. The van der Waals surface area contributed by atoms with Crippen LogP contribution in [-0.2, 0) is 0 Å². The van der Waals surface area contributed by atoms with Gasteiger partial charge in [-0.15, -0.1) is 0 Å². The van der Waals surface area contributed by atoms with Crippen LogP contribution in [0, 0.1) is 0 Å². The third-order valence-corrected chi connectivity index (χ3v) is 3.73. The number of nitrogens with zero attached hydrogens (tertiary/aromatic N) is 2. The van der Waals surface area contributed by atoms with Gasteiger partial charge in [0, 0.05) is 23.7 Å². The smallest absolute Gasteiger partial charge is 0.145 e. The second-order valence-electron chi connectivity index (χ2n) is 4.59. The third kappa shape index (κ3) is 2.80. The quantitative estimate of drug-likeness (QED) is 0.735. The highest BCUT2D eigenvalue weighted by molar-refractivity contribution is 6.37. The highest BCUT2D eigenvalue weighted by Gasteiger charge is 2.11. The van der Waals surface area contributed by atoms with Gasteiger partial charge in [0.05, 0.1) is 21.3 Å². The van der Waals surface area contributed by atoms with Gasteiger partial charge in [0.1, 0.15) is 5.82 Å². The van der Waals surface area contributed by atoms with Crippen LogP contribution in [0.5, 0.6) is 0 Å². The van der Waals surface area contributed by atoms with Gasteiger partial charge in [-0.3, -0.25) is 4.98 Å². The van der Waals surface area contributed by atoms with Crippen molar-refractivity contribution in [3.63, 3.8) is 0 Å². The summed E-state index contributed by atoms with van der Waals surface area (Å²) in [5.74, 6) is 0.643. The molecule has 21 heavy (non-hydrogen) atoms. The summed E-state index contributed by atoms with van der Waals surface area (Å²) < 4.78 is 0. The fourth-order valence-electron chi connectivity index (χ4n) is 2.18. The van der Waals surface area contributed by atoms with Crippen molar-refractivity contribution in [2.45, 2.75) is 6.92 Å². The highest BCUT2D eigenvalue weighted by atomic mass is 35.5. The minimum atomic E-state index is 0.521. The molecule has 0 saturated carbocycles. The Morgan fingerprint density at radius 2 is 1.95 bits per heavy atom. The Hall–Kier alpha value is -1.84. The van der Waals surface area contributed by atoms with Gasteiger partial charge >= 0.3 is 0 Å². The van der Waals surface area contributed by atoms with Crippen molar-refractivity contribution in [2.24, 2.45) is 0 Å². The van der Waals surface area contributed by atoms with Crippen LogP contribution >= 0.6 is 23.2 Å². The number of nitrogens with one attached hydrogen (secondary N) is 1. The molecule has 0 unspecified atom stereocenters. The number of hydrogen-bond donors (Lipinski definition) is 1. The molecule has 106 valence electrons. The van der Waals surface area contributed by atoms with Crippen molar-refractivity contribution in [2.75, 3.05) is 11.9 Å². The molecule has 0 fully saturated rings. The molecule has 0 aliphatic rings. The molecule has 0 amide bonds. The van der Waals surface area contributed by atoms with E-state index in [4.69, 9.17) is 23.2 Å². The lowest BCUT2D eigenvalue weighted by atomic mass is 10.1. The highest BCUT2D eigenvalue weighted by Crippen LogP contribution is 2.33. The zero-order valence-electron chi connectivity index (χ0n) is 11.4. The topological polar surface area (TPSA) is 37.8 Å². The molecule has 3 rings (SSSR count). The first kappa shape index (κ1) is 14.1. The van der Waals surface area contributed by atoms with E-state index in [9.17, 15) is 0 Å². The lowest BCUT2D eigenvalue weighted by Crippen LogP contribution is -2.01. The van der Waals surface area contributed by atoms with Crippen LogP contribution in [0.2, 0.25) is 10.0 Å². The molecule has 5 heteroatoms. The Kier molecular flexibility index (Phi) is 3.95. The molecule has 1 aromatic carbocycles. The summed E-state index contributed by atoms with van der Waals surface area (Å²) >= 11 is 12.4. The largest absolute Gasteiger partial charge is 0.369 e. The predicted octanol–water partition coefficient (Wildman–Crippen LogP) is 5.04. The van der Waals surface area contributed by atoms with Crippen molar-refractivity contribution in [3.8, 4) is 11.3 Å². The average molecular weight is 318 g/mol. The Morgan fingerprint density at radius 1 is 1.10 bits per heavy atom. The molecule has 0 atom stereocenters. The van der Waals surface area contributed by atoms with Gasteiger partial charge in [0.15, 0.2) is 0 Å². The molecule has 2 aromatic heterocycles. The fraction of sp³-hybridized carbons (Fsp3) is 0.125. The first-order chi connectivity index (χ1) is 10.2. The van der Waals surface area contributed by atoms with Crippen LogP contribution in [0.4, 0.5) is 5.82 Å². The predicted molar refractivity (Wildman–Crippen MR) is 89.2 cm³/mol. The number of halogens is 2. The minimum absolute atomic E-state index is 0.521. The van der Waals surface area contributed by atoms with Crippen molar-refractivity contribution < 1.29 is 0 Å². The van der Waals surface area contributed by atoms with E-state index in [1.807, 2.05) is 37.3 Å². The summed E-state index contributed by atoms with van der Waals surface area (Å²) in [7, 11) is 0. The number of anilines is 1. The van der Waals surface area contributed by atoms with Crippen molar-refractivity contribution in [1.29, 1.82) is 0 Å². The second-order valence-corrected chi connectivity index (χ2v) is 5.40. The van der Waals surface area contributed by atoms with Crippen LogP contribution in [0.25, 0.3) is 22.2 Å². The summed E-state index contributed by atoms with van der Waals surface area (Å²) in [6, 6.07) is 11.6. The molecule has 0 aliphatic heterocycles. The first-order valence-electron chi connectivity index (χ1n) is 6.64. The molecular weight excluding hydrogens is 305 g/mol. The van der Waals surface area contributed by atoms with Crippen LogP contribution < -0.4 is 5.32 Å². The molecule has 3 nitrogen and oxygen atoms in total. The van der Waals surface area contributed by atoms with E-state index in [0.717, 1.165) is 23.0 Å². The van der Waals surface area contributed by atoms with E-state index in [1.165, 1.54) is 0 Å². The standard InChI is InChI=1S/C16H13Cl2N3/c1-2-19-16-13(18)9-12(17)15(21-16)11-5-6-14-10(8-11)4-3-7-20-14/h3-9H,2H2,1H3,(H,19,21). The number of fused-ring (bicyclic) bond motifs is 1. The van der Waals surface area contributed by atoms with Gasteiger partial charge in [0.2, 0.25) is 0 Å². The maximum Gasteiger partial charge on any atom is 0.145 e. The molecule has 0 saturated heterocycles. The zero-order chi connectivity index (χ0) is 14.8. The van der Waals surface area contributed by atoms with E-state index in [-0.39, 0.29) is 0 Å². The summed E-state index contributed by atoms with van der Waals surface area (Å²) in [6.07, 6.45) is 1.78. The number of rotatable bonds is 3. The monoisotopic (exact) mass is 317 g/mol. The van der Waals surface area contributed by atoms with Gasteiger partial charge in [-0.2, -0.15) is 0 Å². The third-order valence-electron chi connectivity index (χ3n) is 3.15. The van der Waals surface area contributed by atoms with E-state index in [2.05, 4.69) is 15.3 Å². The zero-order valence-corrected chi connectivity index (χ0v) is 12.9. The SMILES string of the molecule is CCNc1nc(-c2ccc3ncccc3c2)c(Cl)cc1Cl. The second kappa shape index (κ2) is 5.88.